The second-order valence-electron chi connectivity index (χ2n) is 5.76. The minimum atomic E-state index is 0.0415. The highest BCUT2D eigenvalue weighted by Crippen LogP contribution is 2.40. The predicted molar refractivity (Wildman–Crippen MR) is 85.3 cm³/mol. The van der Waals surface area contributed by atoms with E-state index < -0.39 is 0 Å². The van der Waals surface area contributed by atoms with Crippen molar-refractivity contribution in [3.63, 3.8) is 0 Å². The number of halogens is 1. The van der Waals surface area contributed by atoms with Crippen molar-refractivity contribution in [2.45, 2.75) is 31.1 Å². The van der Waals surface area contributed by atoms with E-state index in [1.165, 1.54) is 29.5 Å². The Morgan fingerprint density at radius 2 is 1.80 bits per heavy atom. The van der Waals surface area contributed by atoms with Crippen molar-refractivity contribution >= 4 is 11.6 Å². The van der Waals surface area contributed by atoms with Crippen molar-refractivity contribution in [1.29, 1.82) is 0 Å². The Morgan fingerprint density at radius 3 is 2.60 bits per heavy atom. The van der Waals surface area contributed by atoms with Gasteiger partial charge in [-0.15, -0.1) is 0 Å². The maximum atomic E-state index is 6.35. The molecule has 0 fully saturated rings. The third-order valence-electron chi connectivity index (χ3n) is 4.57. The van der Waals surface area contributed by atoms with E-state index in [9.17, 15) is 0 Å². The molecule has 1 unspecified atom stereocenters. The lowest BCUT2D eigenvalue weighted by atomic mass is 9.67. The van der Waals surface area contributed by atoms with Crippen LogP contribution in [0.1, 0.15) is 29.5 Å². The van der Waals surface area contributed by atoms with Gasteiger partial charge in [-0.2, -0.15) is 0 Å². The Kier molecular flexibility index (Phi) is 3.82. The molecule has 0 radical (unpaired) electrons. The lowest BCUT2D eigenvalue weighted by Gasteiger charge is -2.39. The number of benzene rings is 2. The van der Waals surface area contributed by atoms with Gasteiger partial charge in [0.05, 0.1) is 0 Å². The van der Waals surface area contributed by atoms with E-state index in [-0.39, 0.29) is 5.41 Å². The smallest absolute Gasteiger partial charge is 0.0438 e. The van der Waals surface area contributed by atoms with Crippen LogP contribution in [0.2, 0.25) is 5.02 Å². The molecule has 1 aliphatic carbocycles. The van der Waals surface area contributed by atoms with Crippen molar-refractivity contribution in [3.05, 3.63) is 70.2 Å². The molecule has 2 N–H and O–H groups in total. The molecule has 0 saturated carbocycles. The van der Waals surface area contributed by atoms with Crippen LogP contribution in [-0.2, 0) is 18.3 Å². The third kappa shape index (κ3) is 2.36. The van der Waals surface area contributed by atoms with Gasteiger partial charge in [0.1, 0.15) is 0 Å². The first kappa shape index (κ1) is 13.7. The Labute approximate surface area is 125 Å². The minimum Gasteiger partial charge on any atom is -0.330 e. The molecule has 2 aromatic carbocycles. The molecule has 2 aromatic rings. The van der Waals surface area contributed by atoms with Crippen LogP contribution < -0.4 is 5.73 Å². The van der Waals surface area contributed by atoms with Gasteiger partial charge < -0.3 is 5.73 Å². The van der Waals surface area contributed by atoms with E-state index >= 15 is 0 Å². The molecule has 0 aliphatic heterocycles. The molecule has 0 bridgehead atoms. The number of nitrogens with two attached hydrogens (primary N) is 1. The zero-order valence-corrected chi connectivity index (χ0v) is 12.4. The van der Waals surface area contributed by atoms with Gasteiger partial charge in [0.2, 0.25) is 0 Å². The Hall–Kier alpha value is -1.31. The standard InChI is InChI=1S/C18H20ClN/c19-17-10-4-2-7-15(17)12-18(13-20)11-5-8-14-6-1-3-9-16(14)18/h1-4,6-7,9-10H,5,8,11-13,20H2. The summed E-state index contributed by atoms with van der Waals surface area (Å²) in [6, 6.07) is 16.9. The quantitative estimate of drug-likeness (QED) is 0.902. The normalized spacial score (nSPS) is 21.5. The van der Waals surface area contributed by atoms with Crippen LogP contribution in [0.3, 0.4) is 0 Å². The fourth-order valence-electron chi connectivity index (χ4n) is 3.48. The van der Waals surface area contributed by atoms with Gasteiger partial charge in [-0.05, 0) is 48.4 Å². The van der Waals surface area contributed by atoms with E-state index in [1.807, 2.05) is 12.1 Å². The molecule has 1 atom stereocenters. The number of rotatable bonds is 3. The monoisotopic (exact) mass is 285 g/mol. The lowest BCUT2D eigenvalue weighted by Crippen LogP contribution is -2.40. The van der Waals surface area contributed by atoms with Crippen LogP contribution in [0.5, 0.6) is 0 Å². The summed E-state index contributed by atoms with van der Waals surface area (Å²) in [5.41, 5.74) is 10.3. The summed E-state index contributed by atoms with van der Waals surface area (Å²) in [5.74, 6) is 0. The third-order valence-corrected chi connectivity index (χ3v) is 4.94. The van der Waals surface area contributed by atoms with Crippen molar-refractivity contribution in [2.24, 2.45) is 5.73 Å². The molecular weight excluding hydrogens is 266 g/mol. The topological polar surface area (TPSA) is 26.0 Å². The average Bonchev–Trinajstić information content (AvgIpc) is 2.50. The van der Waals surface area contributed by atoms with Crippen molar-refractivity contribution in [2.75, 3.05) is 6.54 Å². The Morgan fingerprint density at radius 1 is 1.05 bits per heavy atom. The highest BCUT2D eigenvalue weighted by molar-refractivity contribution is 6.31. The second kappa shape index (κ2) is 5.59. The lowest BCUT2D eigenvalue weighted by molar-refractivity contribution is 0.366. The first-order valence-corrected chi connectivity index (χ1v) is 7.65. The van der Waals surface area contributed by atoms with Crippen LogP contribution in [-0.4, -0.2) is 6.54 Å². The highest BCUT2D eigenvalue weighted by Gasteiger charge is 2.35. The fraction of sp³-hybridized carbons (Fsp3) is 0.333. The summed E-state index contributed by atoms with van der Waals surface area (Å²) in [7, 11) is 0. The zero-order valence-electron chi connectivity index (χ0n) is 11.6. The van der Waals surface area contributed by atoms with E-state index in [2.05, 4.69) is 36.4 Å². The Bertz CT molecular complexity index is 608. The van der Waals surface area contributed by atoms with Gasteiger partial charge in [0.25, 0.3) is 0 Å². The summed E-state index contributed by atoms with van der Waals surface area (Å²) >= 11 is 6.35. The summed E-state index contributed by atoms with van der Waals surface area (Å²) < 4.78 is 0. The second-order valence-corrected chi connectivity index (χ2v) is 6.17. The predicted octanol–water partition coefficient (Wildman–Crippen LogP) is 4.12. The minimum absolute atomic E-state index is 0.0415. The van der Waals surface area contributed by atoms with Crippen LogP contribution in [0.25, 0.3) is 0 Å². The molecule has 0 amide bonds. The molecule has 3 rings (SSSR count). The van der Waals surface area contributed by atoms with Gasteiger partial charge in [0, 0.05) is 17.0 Å². The molecule has 0 heterocycles. The zero-order chi connectivity index (χ0) is 14.0. The SMILES string of the molecule is NCC1(Cc2ccccc2Cl)CCCc2ccccc21. The number of hydrogen-bond acceptors (Lipinski definition) is 1. The summed E-state index contributed by atoms with van der Waals surface area (Å²) in [6.07, 6.45) is 4.45. The largest absolute Gasteiger partial charge is 0.330 e. The molecule has 0 spiro atoms. The number of fused-ring (bicyclic) bond motifs is 1. The molecular formula is C18H20ClN. The van der Waals surface area contributed by atoms with E-state index in [0.717, 1.165) is 17.9 Å². The van der Waals surface area contributed by atoms with Crippen LogP contribution in [0.4, 0.5) is 0 Å². The van der Waals surface area contributed by atoms with Crippen molar-refractivity contribution in [1.82, 2.24) is 0 Å². The van der Waals surface area contributed by atoms with Crippen LogP contribution in [0, 0.1) is 0 Å². The average molecular weight is 286 g/mol. The summed E-state index contributed by atoms with van der Waals surface area (Å²) in [4.78, 5) is 0. The number of hydrogen-bond donors (Lipinski definition) is 1. The maximum Gasteiger partial charge on any atom is 0.0438 e. The first-order valence-electron chi connectivity index (χ1n) is 7.27. The highest BCUT2D eigenvalue weighted by atomic mass is 35.5. The molecule has 1 nitrogen and oxygen atoms in total. The fourth-order valence-corrected chi connectivity index (χ4v) is 3.68. The Balaban J connectivity index is 2.03. The first-order chi connectivity index (χ1) is 9.75. The van der Waals surface area contributed by atoms with Crippen LogP contribution >= 0.6 is 11.6 Å². The summed E-state index contributed by atoms with van der Waals surface area (Å²) in [6.45, 7) is 0.676. The molecule has 1 aliphatic rings. The van der Waals surface area contributed by atoms with E-state index in [4.69, 9.17) is 17.3 Å². The number of aryl methyl sites for hydroxylation is 1. The molecule has 20 heavy (non-hydrogen) atoms. The van der Waals surface area contributed by atoms with Crippen molar-refractivity contribution < 1.29 is 0 Å². The molecule has 104 valence electrons. The van der Waals surface area contributed by atoms with E-state index in [0.29, 0.717) is 6.54 Å². The van der Waals surface area contributed by atoms with Gasteiger partial charge in [-0.3, -0.25) is 0 Å². The molecule has 0 aromatic heterocycles. The van der Waals surface area contributed by atoms with Gasteiger partial charge in [0.15, 0.2) is 0 Å². The van der Waals surface area contributed by atoms with E-state index in [1.54, 1.807) is 0 Å². The molecule has 0 saturated heterocycles. The van der Waals surface area contributed by atoms with Gasteiger partial charge in [-0.1, -0.05) is 54.1 Å². The van der Waals surface area contributed by atoms with Crippen molar-refractivity contribution in [3.8, 4) is 0 Å². The molecule has 2 heteroatoms. The van der Waals surface area contributed by atoms with Crippen LogP contribution in [0.15, 0.2) is 48.5 Å². The van der Waals surface area contributed by atoms with Gasteiger partial charge >= 0.3 is 0 Å². The summed E-state index contributed by atoms with van der Waals surface area (Å²) in [5, 5.41) is 0.850. The van der Waals surface area contributed by atoms with Gasteiger partial charge in [-0.25, -0.2) is 0 Å². The maximum absolute atomic E-state index is 6.35.